The van der Waals surface area contributed by atoms with Crippen LogP contribution in [0.1, 0.15) is 5.56 Å². The fraction of sp³-hybridized carbons (Fsp3) is 0. The SMILES string of the molecule is Cl.Cl.[CH](c1csc2ccccc12)=[Ti]([O]c1cccc2ccccc12)[O]c1cccc2ccccc12. The summed E-state index contributed by atoms with van der Waals surface area (Å²) in [6.07, 6.45) is 0. The summed E-state index contributed by atoms with van der Waals surface area (Å²) in [5, 5.41) is 7.99. The molecule has 0 N–H and O–H groups in total. The minimum atomic E-state index is -2.67. The van der Waals surface area contributed by atoms with E-state index in [1.54, 1.807) is 11.3 Å². The Bertz CT molecular complexity index is 1550. The minimum absolute atomic E-state index is 0. The van der Waals surface area contributed by atoms with Gasteiger partial charge in [0, 0.05) is 0 Å². The van der Waals surface area contributed by atoms with Gasteiger partial charge in [0.05, 0.1) is 0 Å². The van der Waals surface area contributed by atoms with Crippen LogP contribution in [0.4, 0.5) is 0 Å². The molecule has 0 saturated carbocycles. The van der Waals surface area contributed by atoms with Gasteiger partial charge in [-0.2, -0.15) is 0 Å². The van der Waals surface area contributed by atoms with Crippen LogP contribution in [-0.2, 0) is 18.2 Å². The summed E-state index contributed by atoms with van der Waals surface area (Å²) in [6.45, 7) is 0. The van der Waals surface area contributed by atoms with Gasteiger partial charge in [-0.3, -0.25) is 0 Å². The molecule has 35 heavy (non-hydrogen) atoms. The van der Waals surface area contributed by atoms with Crippen molar-refractivity contribution in [3.05, 3.63) is 120 Å². The van der Waals surface area contributed by atoms with Gasteiger partial charge in [-0.1, -0.05) is 0 Å². The van der Waals surface area contributed by atoms with Gasteiger partial charge < -0.3 is 0 Å². The molecule has 0 bridgehead atoms. The summed E-state index contributed by atoms with van der Waals surface area (Å²) in [5.41, 5.74) is 1.19. The fourth-order valence-corrected chi connectivity index (χ4v) is 7.46. The molecule has 2 nitrogen and oxygen atoms in total. The first-order chi connectivity index (χ1) is 16.3. The molecule has 174 valence electrons. The molecular formula is C29H22Cl2O2STi. The first-order valence-electron chi connectivity index (χ1n) is 10.8. The summed E-state index contributed by atoms with van der Waals surface area (Å²) in [6, 6.07) is 37.6. The van der Waals surface area contributed by atoms with Crippen LogP contribution in [0.5, 0.6) is 11.5 Å². The van der Waals surface area contributed by atoms with E-state index < -0.39 is 18.2 Å². The Balaban J connectivity index is 0.00000144. The zero-order chi connectivity index (χ0) is 22.0. The molecule has 0 aliphatic heterocycles. The third-order valence-corrected chi connectivity index (χ3v) is 8.86. The van der Waals surface area contributed by atoms with Crippen LogP contribution in [0.2, 0.25) is 0 Å². The van der Waals surface area contributed by atoms with E-state index in [1.807, 2.05) is 24.3 Å². The van der Waals surface area contributed by atoms with Crippen molar-refractivity contribution in [1.82, 2.24) is 0 Å². The molecule has 0 aliphatic rings. The summed E-state index contributed by atoms with van der Waals surface area (Å²) >= 11 is -0.907. The van der Waals surface area contributed by atoms with E-state index in [1.165, 1.54) is 26.4 Å². The first kappa shape index (κ1) is 25.4. The van der Waals surface area contributed by atoms with Gasteiger partial charge in [0.2, 0.25) is 0 Å². The van der Waals surface area contributed by atoms with Gasteiger partial charge in [0.1, 0.15) is 0 Å². The number of halogens is 2. The Morgan fingerprint density at radius 1 is 0.543 bits per heavy atom. The van der Waals surface area contributed by atoms with Crippen molar-refractivity contribution in [1.29, 1.82) is 0 Å². The molecule has 0 atom stereocenters. The van der Waals surface area contributed by atoms with E-state index in [-0.39, 0.29) is 24.8 Å². The van der Waals surface area contributed by atoms with Gasteiger partial charge >= 0.3 is 204 Å². The molecule has 6 heteroatoms. The predicted molar refractivity (Wildman–Crippen MR) is 151 cm³/mol. The molecule has 0 fully saturated rings. The monoisotopic (exact) mass is 552 g/mol. The summed E-state index contributed by atoms with van der Waals surface area (Å²) in [4.78, 5) is 0. The summed E-state index contributed by atoms with van der Waals surface area (Å²) in [5.74, 6) is 1.75. The third-order valence-electron chi connectivity index (χ3n) is 5.70. The van der Waals surface area contributed by atoms with E-state index in [4.69, 9.17) is 6.64 Å². The van der Waals surface area contributed by atoms with Crippen LogP contribution < -0.4 is 6.64 Å². The molecule has 0 amide bonds. The Hall–Kier alpha value is -2.66. The van der Waals surface area contributed by atoms with Crippen molar-refractivity contribution < 1.29 is 24.8 Å². The number of hydrogen-bond donors (Lipinski definition) is 0. The second kappa shape index (κ2) is 11.4. The van der Waals surface area contributed by atoms with Crippen molar-refractivity contribution >= 4 is 72.1 Å². The Labute approximate surface area is 227 Å². The standard InChI is InChI=1S/2C10H8O.C9H6S.2ClH.Ti/c2*11-10-7-3-5-8-4-1-2-6-9(8)10;1-7-6-10-9-5-3-2-4-8(7)9;;;/h2*1-7,11H;1-6H;2*1H;/q;;;;;+2/p-2. The van der Waals surface area contributed by atoms with Crippen molar-refractivity contribution in [3.8, 4) is 11.5 Å². The quantitative estimate of drug-likeness (QED) is 0.199. The van der Waals surface area contributed by atoms with E-state index in [9.17, 15) is 0 Å². The maximum atomic E-state index is 6.70. The molecule has 6 rings (SSSR count). The summed E-state index contributed by atoms with van der Waals surface area (Å²) in [7, 11) is 0. The van der Waals surface area contributed by atoms with Gasteiger partial charge in [0.25, 0.3) is 0 Å². The second-order valence-electron chi connectivity index (χ2n) is 7.81. The molecule has 5 aromatic carbocycles. The molecule has 0 saturated heterocycles. The van der Waals surface area contributed by atoms with E-state index in [0.29, 0.717) is 0 Å². The topological polar surface area (TPSA) is 18.5 Å². The average Bonchev–Trinajstić information content (AvgIpc) is 3.27. The normalized spacial score (nSPS) is 10.4. The molecule has 1 heterocycles. The number of benzene rings is 5. The van der Waals surface area contributed by atoms with Crippen LogP contribution in [0.3, 0.4) is 0 Å². The van der Waals surface area contributed by atoms with Gasteiger partial charge in [0.15, 0.2) is 0 Å². The second-order valence-corrected chi connectivity index (χ2v) is 10.8. The number of rotatable bonds is 5. The van der Waals surface area contributed by atoms with Crippen molar-refractivity contribution in [2.24, 2.45) is 0 Å². The Morgan fingerprint density at radius 3 is 1.63 bits per heavy atom. The summed E-state index contributed by atoms with van der Waals surface area (Å²) < 4.78 is 16.9. The van der Waals surface area contributed by atoms with Crippen LogP contribution in [-0.4, -0.2) is 4.31 Å². The number of fused-ring (bicyclic) bond motifs is 3. The van der Waals surface area contributed by atoms with Crippen molar-refractivity contribution in [3.63, 3.8) is 0 Å². The first-order valence-corrected chi connectivity index (χ1v) is 13.9. The van der Waals surface area contributed by atoms with E-state index in [0.717, 1.165) is 22.3 Å². The third kappa shape index (κ3) is 5.30. The van der Waals surface area contributed by atoms with E-state index in [2.05, 4.69) is 94.6 Å². The van der Waals surface area contributed by atoms with Crippen LogP contribution in [0.25, 0.3) is 31.6 Å². The fourth-order valence-electron chi connectivity index (χ4n) is 4.10. The molecular weight excluding hydrogens is 531 g/mol. The van der Waals surface area contributed by atoms with Crippen LogP contribution >= 0.6 is 36.2 Å². The Morgan fingerprint density at radius 2 is 1.03 bits per heavy atom. The number of hydrogen-bond acceptors (Lipinski definition) is 3. The van der Waals surface area contributed by atoms with Crippen LogP contribution in [0, 0.1) is 0 Å². The predicted octanol–water partition coefficient (Wildman–Crippen LogP) is 8.81. The van der Waals surface area contributed by atoms with Gasteiger partial charge in [-0.15, -0.1) is 24.8 Å². The molecule has 0 spiro atoms. The van der Waals surface area contributed by atoms with Crippen LogP contribution in [0.15, 0.2) is 115 Å². The zero-order valence-corrected chi connectivity index (χ0v) is 22.6. The average molecular weight is 553 g/mol. The molecule has 6 aromatic rings. The van der Waals surface area contributed by atoms with Gasteiger partial charge in [-0.05, 0) is 0 Å². The van der Waals surface area contributed by atoms with Gasteiger partial charge in [-0.25, -0.2) is 0 Å². The molecule has 0 radical (unpaired) electrons. The van der Waals surface area contributed by atoms with E-state index >= 15 is 0 Å². The molecule has 0 unspecified atom stereocenters. The van der Waals surface area contributed by atoms with Crippen molar-refractivity contribution in [2.75, 3.05) is 0 Å². The molecule has 0 aliphatic carbocycles. The molecule has 1 aromatic heterocycles. The maximum absolute atomic E-state index is 6.70. The zero-order valence-electron chi connectivity index (χ0n) is 18.6. The Kier molecular flexibility index (Phi) is 8.28. The van der Waals surface area contributed by atoms with Crippen molar-refractivity contribution in [2.45, 2.75) is 0 Å². The number of thiophene rings is 1.